The molecule has 0 aliphatic carbocycles. The van der Waals surface area contributed by atoms with E-state index in [2.05, 4.69) is 0 Å². The number of carbonyl (C=O) groups is 3. The van der Waals surface area contributed by atoms with Crippen molar-refractivity contribution in [1.29, 1.82) is 0 Å². The lowest BCUT2D eigenvalue weighted by molar-refractivity contribution is -0.137. The van der Waals surface area contributed by atoms with Gasteiger partial charge in [0.05, 0.1) is 0 Å². The fraction of sp³-hybridized carbons (Fsp3) is 0.700. The van der Waals surface area contributed by atoms with Crippen LogP contribution in [0.1, 0.15) is 27.7 Å². The highest BCUT2D eigenvalue weighted by Crippen LogP contribution is 2.00. The minimum absolute atomic E-state index is 0.162. The molecular weight excluding hydrogens is 196 g/mol. The van der Waals surface area contributed by atoms with E-state index in [1.165, 1.54) is 20.8 Å². The van der Waals surface area contributed by atoms with Crippen LogP contribution < -0.4 is 11.5 Å². The predicted octanol–water partition coefficient (Wildman–Crippen LogP) is -0.338. The van der Waals surface area contributed by atoms with Crippen LogP contribution in [0.5, 0.6) is 0 Å². The van der Waals surface area contributed by atoms with Gasteiger partial charge in [-0.25, -0.2) is 0 Å². The lowest BCUT2D eigenvalue weighted by Crippen LogP contribution is -2.26. The number of carbonyl (C=O) groups excluding carboxylic acids is 3. The van der Waals surface area contributed by atoms with E-state index in [4.69, 9.17) is 11.5 Å². The van der Waals surface area contributed by atoms with E-state index < -0.39 is 5.92 Å². The quantitative estimate of drug-likeness (QED) is 0.626. The second kappa shape index (κ2) is 8.26. The first-order valence-corrected chi connectivity index (χ1v) is 4.71. The predicted molar refractivity (Wildman–Crippen MR) is 58.2 cm³/mol. The van der Waals surface area contributed by atoms with Crippen LogP contribution in [-0.4, -0.2) is 29.9 Å². The van der Waals surface area contributed by atoms with Gasteiger partial charge in [0, 0.05) is 12.6 Å². The van der Waals surface area contributed by atoms with Crippen LogP contribution in [0.2, 0.25) is 0 Å². The van der Waals surface area contributed by atoms with Crippen LogP contribution in [0.4, 0.5) is 0 Å². The Labute approximate surface area is 90.2 Å². The molecule has 0 bridgehead atoms. The van der Waals surface area contributed by atoms with E-state index in [1.807, 2.05) is 6.92 Å². The molecular formula is C10H20N2O3. The Hall–Kier alpha value is -1.07. The van der Waals surface area contributed by atoms with Gasteiger partial charge in [-0.2, -0.15) is 0 Å². The highest BCUT2D eigenvalue weighted by Gasteiger charge is 2.23. The molecule has 0 aliphatic heterocycles. The van der Waals surface area contributed by atoms with Crippen LogP contribution in [0.25, 0.3) is 0 Å². The topological polar surface area (TPSA) is 103 Å². The summed E-state index contributed by atoms with van der Waals surface area (Å²) >= 11 is 0. The van der Waals surface area contributed by atoms with E-state index in [1.54, 1.807) is 0 Å². The Kier molecular flexibility index (Phi) is 9.01. The summed E-state index contributed by atoms with van der Waals surface area (Å²) in [5, 5.41) is 0. The summed E-state index contributed by atoms with van der Waals surface area (Å²) in [6.07, 6.45) is 0. The van der Waals surface area contributed by atoms with Gasteiger partial charge in [-0.3, -0.25) is 14.4 Å². The second-order valence-electron chi connectivity index (χ2n) is 3.48. The molecule has 0 aromatic rings. The van der Waals surface area contributed by atoms with Crippen molar-refractivity contribution in [2.75, 3.05) is 6.54 Å². The Morgan fingerprint density at radius 3 is 1.20 bits per heavy atom. The molecule has 0 amide bonds. The van der Waals surface area contributed by atoms with Crippen LogP contribution in [0.3, 0.4) is 0 Å². The fourth-order valence-corrected chi connectivity index (χ4v) is 0.859. The number of nitrogens with two attached hydrogens (primary N) is 2. The maximum Gasteiger partial charge on any atom is 0.147 e. The normalized spacial score (nSPS) is 11.4. The molecule has 0 aromatic carbocycles. The molecule has 88 valence electrons. The third-order valence-corrected chi connectivity index (χ3v) is 1.59. The largest absolute Gasteiger partial charge is 0.329 e. The summed E-state index contributed by atoms with van der Waals surface area (Å²) < 4.78 is 0. The Morgan fingerprint density at radius 1 is 1.00 bits per heavy atom. The zero-order valence-corrected chi connectivity index (χ0v) is 9.74. The summed E-state index contributed by atoms with van der Waals surface area (Å²) in [5.74, 6) is -2.15. The molecule has 0 aromatic heterocycles. The number of rotatable bonds is 4. The second-order valence-corrected chi connectivity index (χ2v) is 3.48. The molecule has 5 heteroatoms. The molecule has 0 saturated carbocycles. The minimum Gasteiger partial charge on any atom is -0.329 e. The van der Waals surface area contributed by atoms with Gasteiger partial charge in [-0.05, 0) is 27.7 Å². The molecule has 5 nitrogen and oxygen atoms in total. The smallest absolute Gasteiger partial charge is 0.147 e. The summed E-state index contributed by atoms with van der Waals surface area (Å²) in [7, 11) is 0. The standard InChI is InChI=1S/C7H10O3.C3H10N2/c1-4(8)7(5(2)9)6(3)10;1-3(5)2-4/h7H,1-3H3;3H,2,4-5H2,1H3. The Balaban J connectivity index is 0. The van der Waals surface area contributed by atoms with Crippen molar-refractivity contribution >= 4 is 17.3 Å². The molecule has 0 fully saturated rings. The van der Waals surface area contributed by atoms with Crippen molar-refractivity contribution < 1.29 is 14.4 Å². The SMILES string of the molecule is CC(=O)C(C(C)=O)C(C)=O.CC(N)CN. The third kappa shape index (κ3) is 9.24. The van der Waals surface area contributed by atoms with Gasteiger partial charge in [0.1, 0.15) is 23.3 Å². The van der Waals surface area contributed by atoms with Gasteiger partial charge in [0.15, 0.2) is 0 Å². The molecule has 15 heavy (non-hydrogen) atoms. The number of ketones is 3. The van der Waals surface area contributed by atoms with Gasteiger partial charge >= 0.3 is 0 Å². The average molecular weight is 216 g/mol. The molecule has 1 atom stereocenters. The summed E-state index contributed by atoms with van der Waals surface area (Å²) in [4.78, 5) is 31.8. The van der Waals surface area contributed by atoms with E-state index in [0.29, 0.717) is 6.54 Å². The Morgan fingerprint density at radius 2 is 1.20 bits per heavy atom. The number of Topliss-reactive ketones (excluding diaryl/α,β-unsaturated/α-hetero) is 3. The third-order valence-electron chi connectivity index (χ3n) is 1.59. The monoisotopic (exact) mass is 216 g/mol. The van der Waals surface area contributed by atoms with Gasteiger partial charge in [0.25, 0.3) is 0 Å². The first kappa shape index (κ1) is 16.4. The Bertz CT molecular complexity index is 204. The molecule has 0 aliphatic rings. The lowest BCUT2D eigenvalue weighted by Gasteiger charge is -2.02. The lowest BCUT2D eigenvalue weighted by atomic mass is 9.97. The van der Waals surface area contributed by atoms with E-state index in [-0.39, 0.29) is 23.4 Å². The maximum absolute atomic E-state index is 10.6. The fourth-order valence-electron chi connectivity index (χ4n) is 0.859. The van der Waals surface area contributed by atoms with Crippen LogP contribution in [0, 0.1) is 5.92 Å². The maximum atomic E-state index is 10.6. The van der Waals surface area contributed by atoms with Gasteiger partial charge in [-0.1, -0.05) is 0 Å². The van der Waals surface area contributed by atoms with Crippen LogP contribution in [0.15, 0.2) is 0 Å². The first-order chi connectivity index (χ1) is 6.73. The van der Waals surface area contributed by atoms with E-state index >= 15 is 0 Å². The zero-order valence-electron chi connectivity index (χ0n) is 9.74. The summed E-state index contributed by atoms with van der Waals surface area (Å²) in [6.45, 7) is 6.19. The molecule has 1 unspecified atom stereocenters. The molecule has 0 heterocycles. The van der Waals surface area contributed by atoms with Crippen molar-refractivity contribution in [3.63, 3.8) is 0 Å². The molecule has 0 spiro atoms. The average Bonchev–Trinajstić information content (AvgIpc) is 2.02. The van der Waals surface area contributed by atoms with Crippen LogP contribution >= 0.6 is 0 Å². The van der Waals surface area contributed by atoms with Crippen molar-refractivity contribution in [1.82, 2.24) is 0 Å². The van der Waals surface area contributed by atoms with Crippen molar-refractivity contribution in [3.8, 4) is 0 Å². The molecule has 4 N–H and O–H groups in total. The van der Waals surface area contributed by atoms with E-state index in [9.17, 15) is 14.4 Å². The summed E-state index contributed by atoms with van der Waals surface area (Å²) in [5.41, 5.74) is 10.2. The van der Waals surface area contributed by atoms with Gasteiger partial charge < -0.3 is 11.5 Å². The number of hydrogen-bond acceptors (Lipinski definition) is 5. The minimum atomic E-state index is -1.03. The summed E-state index contributed by atoms with van der Waals surface area (Å²) in [6, 6.07) is 0.162. The molecule has 0 saturated heterocycles. The van der Waals surface area contributed by atoms with Gasteiger partial charge in [-0.15, -0.1) is 0 Å². The molecule has 0 rings (SSSR count). The van der Waals surface area contributed by atoms with Crippen molar-refractivity contribution in [2.45, 2.75) is 33.7 Å². The number of hydrogen-bond donors (Lipinski definition) is 2. The zero-order chi connectivity index (χ0) is 12.6. The van der Waals surface area contributed by atoms with Gasteiger partial charge in [0.2, 0.25) is 0 Å². The first-order valence-electron chi connectivity index (χ1n) is 4.71. The highest BCUT2D eigenvalue weighted by atomic mass is 16.2. The van der Waals surface area contributed by atoms with Crippen LogP contribution in [-0.2, 0) is 14.4 Å². The highest BCUT2D eigenvalue weighted by molar-refractivity contribution is 6.17. The molecule has 0 radical (unpaired) electrons. The van der Waals surface area contributed by atoms with Crippen molar-refractivity contribution in [2.24, 2.45) is 17.4 Å². The van der Waals surface area contributed by atoms with Crippen molar-refractivity contribution in [3.05, 3.63) is 0 Å². The van der Waals surface area contributed by atoms with E-state index in [0.717, 1.165) is 0 Å².